The van der Waals surface area contributed by atoms with E-state index in [-0.39, 0.29) is 16.7 Å². The molecular formula is C30H50O3. The fourth-order valence-electron chi connectivity index (χ4n) is 9.12. The van der Waals surface area contributed by atoms with Gasteiger partial charge < -0.3 is 15.3 Å². The summed E-state index contributed by atoms with van der Waals surface area (Å²) in [6, 6.07) is 0. The third kappa shape index (κ3) is 3.71. The molecule has 4 aliphatic carbocycles. The van der Waals surface area contributed by atoms with Crippen LogP contribution in [-0.4, -0.2) is 33.1 Å². The second kappa shape index (κ2) is 8.79. The fourth-order valence-corrected chi connectivity index (χ4v) is 9.12. The molecule has 0 aliphatic heterocycles. The number of fused-ring (bicyclic) bond motifs is 4. The summed E-state index contributed by atoms with van der Waals surface area (Å²) >= 11 is 0. The van der Waals surface area contributed by atoms with Crippen LogP contribution >= 0.6 is 0 Å². The summed E-state index contributed by atoms with van der Waals surface area (Å²) in [6.45, 7) is 18.3. The topological polar surface area (TPSA) is 60.7 Å². The van der Waals surface area contributed by atoms with Crippen LogP contribution in [0.2, 0.25) is 0 Å². The van der Waals surface area contributed by atoms with Crippen LogP contribution < -0.4 is 0 Å². The molecule has 3 saturated carbocycles. The summed E-state index contributed by atoms with van der Waals surface area (Å²) in [6.07, 6.45) is 8.74. The molecule has 0 bridgehead atoms. The molecule has 3 fully saturated rings. The van der Waals surface area contributed by atoms with Crippen molar-refractivity contribution in [3.63, 3.8) is 0 Å². The first kappa shape index (κ1) is 25.5. The van der Waals surface area contributed by atoms with E-state index in [1.807, 2.05) is 0 Å². The summed E-state index contributed by atoms with van der Waals surface area (Å²) in [5.74, 6) is 2.74. The summed E-state index contributed by atoms with van der Waals surface area (Å²) in [7, 11) is 0. The molecule has 0 radical (unpaired) electrons. The van der Waals surface area contributed by atoms with Crippen molar-refractivity contribution in [2.24, 2.45) is 40.4 Å². The molecule has 0 aromatic heterocycles. The molecule has 0 spiro atoms. The van der Waals surface area contributed by atoms with Gasteiger partial charge in [-0.1, -0.05) is 61.0 Å². The van der Waals surface area contributed by atoms with Crippen LogP contribution in [0.5, 0.6) is 0 Å². The minimum absolute atomic E-state index is 0.00563. The molecule has 0 heterocycles. The Morgan fingerprint density at radius 3 is 2.33 bits per heavy atom. The van der Waals surface area contributed by atoms with Gasteiger partial charge in [-0.25, -0.2) is 0 Å². The zero-order valence-corrected chi connectivity index (χ0v) is 22.2. The van der Waals surface area contributed by atoms with E-state index in [1.54, 1.807) is 0 Å². The molecule has 3 nitrogen and oxygen atoms in total. The lowest BCUT2D eigenvalue weighted by molar-refractivity contribution is -0.131. The molecule has 0 amide bonds. The molecule has 3 heteroatoms. The minimum atomic E-state index is -0.877. The Labute approximate surface area is 202 Å². The Bertz CT molecular complexity index is 798. The summed E-state index contributed by atoms with van der Waals surface area (Å²) in [5, 5.41) is 34.2. The van der Waals surface area contributed by atoms with Crippen molar-refractivity contribution in [3.8, 4) is 0 Å². The van der Waals surface area contributed by atoms with E-state index in [9.17, 15) is 15.3 Å². The van der Waals surface area contributed by atoms with Gasteiger partial charge in [0.2, 0.25) is 0 Å². The minimum Gasteiger partial charge on any atom is -0.389 e. The van der Waals surface area contributed by atoms with Gasteiger partial charge in [-0.3, -0.25) is 0 Å². The van der Waals surface area contributed by atoms with Crippen LogP contribution in [0, 0.1) is 40.4 Å². The number of hydrogen-bond acceptors (Lipinski definition) is 3. The van der Waals surface area contributed by atoms with E-state index in [1.165, 1.54) is 24.8 Å². The Morgan fingerprint density at radius 1 is 1.00 bits per heavy atom. The van der Waals surface area contributed by atoms with E-state index in [0.29, 0.717) is 18.3 Å². The molecule has 4 rings (SSSR count). The van der Waals surface area contributed by atoms with E-state index in [0.717, 1.165) is 61.5 Å². The average molecular weight is 459 g/mol. The van der Waals surface area contributed by atoms with Crippen LogP contribution in [0.1, 0.15) is 106 Å². The first-order chi connectivity index (χ1) is 15.4. The van der Waals surface area contributed by atoms with Crippen molar-refractivity contribution in [2.45, 2.75) is 124 Å². The van der Waals surface area contributed by atoms with Crippen LogP contribution in [0.25, 0.3) is 0 Å². The average Bonchev–Trinajstić information content (AvgIpc) is 3.03. The molecule has 0 aromatic rings. The summed E-state index contributed by atoms with van der Waals surface area (Å²) in [5.41, 5.74) is 2.10. The molecule has 4 aliphatic rings. The zero-order valence-electron chi connectivity index (χ0n) is 22.2. The quantitative estimate of drug-likeness (QED) is 0.402. The number of aliphatic hydroxyl groups is 3. The molecule has 33 heavy (non-hydrogen) atoms. The zero-order chi connectivity index (χ0) is 24.3. The Morgan fingerprint density at radius 2 is 1.70 bits per heavy atom. The lowest BCUT2D eigenvalue weighted by Gasteiger charge is -2.61. The number of hydrogen-bond donors (Lipinski definition) is 3. The standard InChI is InChI=1S/C30H50O3/c1-8-21(18(2)3)10-9-19(4)24-17-26(32)27-23-12-11-22-20(5)25(31)13-14-29(22,7)30(23,33)16-15-28(24,27)6/h18-19,21-22,24-26,31-33H,5,8-17H2,1-4,6-7H3/t19-,21+,22+,24-,25+,26-,28-,29+,30-/m1/s1. The SMILES string of the molecule is C=C1[C@@H](O)CC[C@@]2(C)[C@H]1CCC1=C3[C@H](O)C[C@H]([C@H](C)CC[C@H](CC)C(C)C)[C@@]3(C)CC[C@@]12O. The van der Waals surface area contributed by atoms with E-state index >= 15 is 0 Å². The Kier molecular flexibility index (Phi) is 6.78. The Hall–Kier alpha value is -0.640. The monoisotopic (exact) mass is 458 g/mol. The summed E-state index contributed by atoms with van der Waals surface area (Å²) < 4.78 is 0. The second-order valence-electron chi connectivity index (χ2n) is 13.1. The van der Waals surface area contributed by atoms with Crippen LogP contribution in [-0.2, 0) is 0 Å². The number of rotatable bonds is 6. The van der Waals surface area contributed by atoms with Gasteiger partial charge in [-0.2, -0.15) is 0 Å². The van der Waals surface area contributed by atoms with Gasteiger partial charge >= 0.3 is 0 Å². The predicted molar refractivity (Wildman–Crippen MR) is 136 cm³/mol. The maximum atomic E-state index is 12.3. The van der Waals surface area contributed by atoms with Gasteiger partial charge in [0.25, 0.3) is 0 Å². The summed E-state index contributed by atoms with van der Waals surface area (Å²) in [4.78, 5) is 0. The lowest BCUT2D eigenvalue weighted by atomic mass is 9.45. The Balaban J connectivity index is 1.64. The number of aliphatic hydroxyl groups excluding tert-OH is 2. The van der Waals surface area contributed by atoms with Crippen molar-refractivity contribution in [2.75, 3.05) is 0 Å². The van der Waals surface area contributed by atoms with Gasteiger partial charge in [0, 0.05) is 5.41 Å². The van der Waals surface area contributed by atoms with Crippen molar-refractivity contribution in [1.29, 1.82) is 0 Å². The highest BCUT2D eigenvalue weighted by Crippen LogP contribution is 2.67. The molecule has 9 atom stereocenters. The van der Waals surface area contributed by atoms with Crippen LogP contribution in [0.4, 0.5) is 0 Å². The molecule has 188 valence electrons. The van der Waals surface area contributed by atoms with Crippen molar-refractivity contribution < 1.29 is 15.3 Å². The van der Waals surface area contributed by atoms with Gasteiger partial charge in [-0.15, -0.1) is 0 Å². The highest BCUT2D eigenvalue weighted by Gasteiger charge is 2.64. The van der Waals surface area contributed by atoms with Crippen LogP contribution in [0.15, 0.2) is 23.3 Å². The molecule has 3 N–H and O–H groups in total. The molecular weight excluding hydrogens is 408 g/mol. The largest absolute Gasteiger partial charge is 0.389 e. The van der Waals surface area contributed by atoms with E-state index in [2.05, 4.69) is 48.1 Å². The highest BCUT2D eigenvalue weighted by molar-refractivity contribution is 5.44. The third-order valence-electron chi connectivity index (χ3n) is 11.4. The van der Waals surface area contributed by atoms with Crippen molar-refractivity contribution in [1.82, 2.24) is 0 Å². The first-order valence-corrected chi connectivity index (χ1v) is 13.9. The highest BCUT2D eigenvalue weighted by atomic mass is 16.3. The normalized spacial score (nSPS) is 45.0. The second-order valence-corrected chi connectivity index (χ2v) is 13.1. The molecule has 0 saturated heterocycles. The fraction of sp³-hybridized carbons (Fsp3) is 0.867. The van der Waals surface area contributed by atoms with Gasteiger partial charge in [0.1, 0.15) is 0 Å². The maximum Gasteiger partial charge on any atom is 0.0919 e. The van der Waals surface area contributed by atoms with E-state index < -0.39 is 17.8 Å². The van der Waals surface area contributed by atoms with Gasteiger partial charge in [0.05, 0.1) is 17.8 Å². The van der Waals surface area contributed by atoms with E-state index in [4.69, 9.17) is 0 Å². The lowest BCUT2D eigenvalue weighted by Crippen LogP contribution is -2.60. The van der Waals surface area contributed by atoms with Crippen molar-refractivity contribution >= 4 is 0 Å². The third-order valence-corrected chi connectivity index (χ3v) is 11.4. The molecule has 0 unspecified atom stereocenters. The van der Waals surface area contributed by atoms with Crippen LogP contribution in [0.3, 0.4) is 0 Å². The van der Waals surface area contributed by atoms with Gasteiger partial charge in [-0.05, 0) is 103 Å². The first-order valence-electron chi connectivity index (χ1n) is 13.9. The maximum absolute atomic E-state index is 12.3. The molecule has 0 aromatic carbocycles. The smallest absolute Gasteiger partial charge is 0.0919 e. The predicted octanol–water partition coefficient (Wildman–Crippen LogP) is 6.42. The van der Waals surface area contributed by atoms with Crippen molar-refractivity contribution in [3.05, 3.63) is 23.3 Å². The van der Waals surface area contributed by atoms with Gasteiger partial charge in [0.15, 0.2) is 0 Å².